The van der Waals surface area contributed by atoms with Crippen LogP contribution in [0.3, 0.4) is 0 Å². The van der Waals surface area contributed by atoms with E-state index < -0.39 is 17.4 Å². The van der Waals surface area contributed by atoms with Crippen LogP contribution in [-0.2, 0) is 25.5 Å². The largest absolute Gasteiger partial charge is 0.468 e. The quantitative estimate of drug-likeness (QED) is 0.619. The third-order valence-electron chi connectivity index (χ3n) is 4.21. The van der Waals surface area contributed by atoms with E-state index in [-0.39, 0.29) is 5.92 Å². The highest BCUT2D eigenvalue weighted by Gasteiger charge is 2.54. The molecule has 0 unspecified atom stereocenters. The molecular weight excluding hydrogens is 276 g/mol. The third-order valence-corrected chi connectivity index (χ3v) is 4.95. The molecule has 1 aromatic heterocycles. The molecule has 0 amide bonds. The zero-order valence-corrected chi connectivity index (χ0v) is 12.7. The number of hydrogen-bond acceptors (Lipinski definition) is 5. The van der Waals surface area contributed by atoms with E-state index in [1.165, 1.54) is 14.2 Å². The second-order valence-corrected chi connectivity index (χ2v) is 6.02. The molecule has 1 saturated carbocycles. The summed E-state index contributed by atoms with van der Waals surface area (Å²) in [6.07, 6.45) is 4.19. The number of rotatable bonds is 5. The molecule has 0 aliphatic heterocycles. The average Bonchev–Trinajstić information content (AvgIpc) is 3.15. The van der Waals surface area contributed by atoms with Gasteiger partial charge in [0.05, 0.1) is 14.2 Å². The van der Waals surface area contributed by atoms with Gasteiger partial charge in [0.25, 0.3) is 0 Å². The Balaban J connectivity index is 2.41. The van der Waals surface area contributed by atoms with Gasteiger partial charge in [-0.2, -0.15) is 11.3 Å². The van der Waals surface area contributed by atoms with Gasteiger partial charge in [0.2, 0.25) is 0 Å². The molecule has 0 bridgehead atoms. The molecule has 4 nitrogen and oxygen atoms in total. The Labute approximate surface area is 123 Å². The van der Waals surface area contributed by atoms with E-state index in [2.05, 4.69) is 0 Å². The van der Waals surface area contributed by atoms with Gasteiger partial charge in [0, 0.05) is 6.42 Å². The zero-order chi connectivity index (χ0) is 14.6. The number of carbonyl (C=O) groups is 2. The van der Waals surface area contributed by atoms with Crippen LogP contribution < -0.4 is 0 Å². The van der Waals surface area contributed by atoms with Crippen molar-refractivity contribution in [3.05, 3.63) is 22.4 Å². The first-order valence-corrected chi connectivity index (χ1v) is 7.77. The monoisotopic (exact) mass is 296 g/mol. The molecule has 0 saturated heterocycles. The number of ether oxygens (including phenoxy) is 2. The van der Waals surface area contributed by atoms with Crippen molar-refractivity contribution in [3.8, 4) is 0 Å². The fourth-order valence-corrected chi connectivity index (χ4v) is 3.87. The lowest BCUT2D eigenvalue weighted by Crippen LogP contribution is -2.48. The van der Waals surface area contributed by atoms with Crippen molar-refractivity contribution < 1.29 is 19.1 Å². The minimum atomic E-state index is -1.19. The molecule has 1 fully saturated rings. The molecule has 0 radical (unpaired) electrons. The number of carbonyl (C=O) groups excluding carboxylic acids is 2. The van der Waals surface area contributed by atoms with Crippen LogP contribution in [0.2, 0.25) is 0 Å². The van der Waals surface area contributed by atoms with Crippen LogP contribution in [-0.4, -0.2) is 26.2 Å². The molecule has 20 heavy (non-hydrogen) atoms. The SMILES string of the molecule is COC(=O)C(Cc1ccsc1)(C(=O)OC)C1CCCC1. The van der Waals surface area contributed by atoms with Gasteiger partial charge in [-0.1, -0.05) is 12.8 Å². The fourth-order valence-electron chi connectivity index (χ4n) is 3.20. The topological polar surface area (TPSA) is 52.6 Å². The Bertz CT molecular complexity index is 444. The highest BCUT2D eigenvalue weighted by atomic mass is 32.1. The first-order valence-electron chi connectivity index (χ1n) is 6.83. The summed E-state index contributed by atoms with van der Waals surface area (Å²) in [5.74, 6) is -0.938. The molecule has 1 aliphatic rings. The molecule has 0 aromatic carbocycles. The van der Waals surface area contributed by atoms with E-state index in [1.54, 1.807) is 11.3 Å². The summed E-state index contributed by atoms with van der Waals surface area (Å²) in [5, 5.41) is 3.92. The van der Waals surface area contributed by atoms with Crippen molar-refractivity contribution in [2.45, 2.75) is 32.1 Å². The molecule has 0 N–H and O–H groups in total. The highest BCUT2D eigenvalue weighted by Crippen LogP contribution is 2.44. The van der Waals surface area contributed by atoms with Crippen LogP contribution in [0.5, 0.6) is 0 Å². The second-order valence-electron chi connectivity index (χ2n) is 5.24. The van der Waals surface area contributed by atoms with E-state index in [4.69, 9.17) is 9.47 Å². The molecule has 0 spiro atoms. The summed E-state index contributed by atoms with van der Waals surface area (Å²) < 4.78 is 9.93. The number of methoxy groups -OCH3 is 2. The van der Waals surface area contributed by atoms with Gasteiger partial charge in [0.1, 0.15) is 0 Å². The Morgan fingerprint density at radius 1 is 1.25 bits per heavy atom. The van der Waals surface area contributed by atoms with Crippen LogP contribution in [0.15, 0.2) is 16.8 Å². The molecule has 1 heterocycles. The summed E-state index contributed by atoms with van der Waals surface area (Å²) in [4.78, 5) is 24.9. The van der Waals surface area contributed by atoms with Gasteiger partial charge in [0.15, 0.2) is 5.41 Å². The molecule has 110 valence electrons. The second kappa shape index (κ2) is 6.39. The standard InChI is InChI=1S/C15H20O4S/c1-18-13(16)15(14(17)19-2,12-5-3-4-6-12)9-11-7-8-20-10-11/h7-8,10,12H,3-6,9H2,1-2H3. The zero-order valence-electron chi connectivity index (χ0n) is 11.9. The third kappa shape index (κ3) is 2.59. The minimum absolute atomic E-state index is 0.00213. The van der Waals surface area contributed by atoms with Gasteiger partial charge in [-0.05, 0) is 41.1 Å². The Morgan fingerprint density at radius 3 is 2.30 bits per heavy atom. The van der Waals surface area contributed by atoms with Crippen molar-refractivity contribution in [1.29, 1.82) is 0 Å². The van der Waals surface area contributed by atoms with Crippen molar-refractivity contribution in [1.82, 2.24) is 0 Å². The lowest BCUT2D eigenvalue weighted by molar-refractivity contribution is -0.173. The molecule has 2 rings (SSSR count). The van der Waals surface area contributed by atoms with Crippen LogP contribution >= 0.6 is 11.3 Å². The van der Waals surface area contributed by atoms with Gasteiger partial charge in [-0.25, -0.2) is 0 Å². The van der Waals surface area contributed by atoms with E-state index in [1.807, 2.05) is 16.8 Å². The highest BCUT2D eigenvalue weighted by molar-refractivity contribution is 7.07. The summed E-state index contributed by atoms with van der Waals surface area (Å²) in [6.45, 7) is 0. The molecule has 1 aromatic rings. The number of esters is 2. The van der Waals surface area contributed by atoms with Gasteiger partial charge in [-0.15, -0.1) is 0 Å². The van der Waals surface area contributed by atoms with E-state index in [0.29, 0.717) is 6.42 Å². The maximum Gasteiger partial charge on any atom is 0.323 e. The van der Waals surface area contributed by atoms with Crippen LogP contribution in [0.1, 0.15) is 31.2 Å². The predicted octanol–water partition coefficient (Wildman–Crippen LogP) is 2.81. The van der Waals surface area contributed by atoms with Gasteiger partial charge in [-0.3, -0.25) is 9.59 Å². The number of thiophene rings is 1. The average molecular weight is 296 g/mol. The smallest absolute Gasteiger partial charge is 0.323 e. The number of hydrogen-bond donors (Lipinski definition) is 0. The summed E-state index contributed by atoms with van der Waals surface area (Å²) >= 11 is 1.56. The van der Waals surface area contributed by atoms with Crippen molar-refractivity contribution in [3.63, 3.8) is 0 Å². The maximum absolute atomic E-state index is 12.4. The van der Waals surface area contributed by atoms with E-state index in [0.717, 1.165) is 31.2 Å². The molecular formula is C15H20O4S. The summed E-state index contributed by atoms with van der Waals surface area (Å²) in [6, 6.07) is 1.94. The Hall–Kier alpha value is -1.36. The van der Waals surface area contributed by atoms with Crippen LogP contribution in [0.4, 0.5) is 0 Å². The van der Waals surface area contributed by atoms with Crippen LogP contribution in [0.25, 0.3) is 0 Å². The maximum atomic E-state index is 12.4. The van der Waals surface area contributed by atoms with Crippen molar-refractivity contribution in [2.24, 2.45) is 11.3 Å². The lowest BCUT2D eigenvalue weighted by atomic mass is 9.70. The van der Waals surface area contributed by atoms with E-state index in [9.17, 15) is 9.59 Å². The van der Waals surface area contributed by atoms with Crippen molar-refractivity contribution in [2.75, 3.05) is 14.2 Å². The predicted molar refractivity (Wildman–Crippen MR) is 76.4 cm³/mol. The Morgan fingerprint density at radius 2 is 1.85 bits per heavy atom. The summed E-state index contributed by atoms with van der Waals surface area (Å²) in [5.41, 5.74) is -0.209. The summed E-state index contributed by atoms with van der Waals surface area (Å²) in [7, 11) is 2.67. The first kappa shape index (κ1) is 15.0. The molecule has 1 aliphatic carbocycles. The van der Waals surface area contributed by atoms with Crippen molar-refractivity contribution >= 4 is 23.3 Å². The first-order chi connectivity index (χ1) is 9.65. The minimum Gasteiger partial charge on any atom is -0.468 e. The van der Waals surface area contributed by atoms with Gasteiger partial charge >= 0.3 is 11.9 Å². The molecule has 5 heteroatoms. The molecule has 0 atom stereocenters. The fraction of sp³-hybridized carbons (Fsp3) is 0.600. The van der Waals surface area contributed by atoms with E-state index >= 15 is 0 Å². The normalized spacial score (nSPS) is 16.1. The van der Waals surface area contributed by atoms with Gasteiger partial charge < -0.3 is 9.47 Å². The van der Waals surface area contributed by atoms with Crippen LogP contribution in [0, 0.1) is 11.3 Å². The Kier molecular flexibility index (Phi) is 4.81. The lowest BCUT2D eigenvalue weighted by Gasteiger charge is -2.33.